The number of aliphatic hydroxyl groups is 1. The van der Waals surface area contributed by atoms with Crippen LogP contribution < -0.4 is 16.4 Å². The van der Waals surface area contributed by atoms with Crippen molar-refractivity contribution in [1.29, 1.82) is 0 Å². The van der Waals surface area contributed by atoms with Gasteiger partial charge >= 0.3 is 0 Å². The van der Waals surface area contributed by atoms with Gasteiger partial charge in [0, 0.05) is 19.7 Å². The fraction of sp³-hybridized carbons (Fsp3) is 0.692. The number of rotatable bonds is 8. The van der Waals surface area contributed by atoms with Crippen molar-refractivity contribution in [1.82, 2.24) is 10.3 Å². The maximum absolute atomic E-state index is 12.1. The van der Waals surface area contributed by atoms with Gasteiger partial charge in [0.25, 0.3) is 5.91 Å². The number of thiazole rings is 1. The number of nitrogens with one attached hydrogen (secondary N) is 2. The minimum Gasteiger partial charge on any atom is -0.396 e. The predicted molar refractivity (Wildman–Crippen MR) is 83.1 cm³/mol. The SMILES string of the molecule is CCCNc1nc(N)c(C(=O)NCC(C)(C)CCO)s1. The smallest absolute Gasteiger partial charge is 0.265 e. The summed E-state index contributed by atoms with van der Waals surface area (Å²) in [6, 6.07) is 0. The van der Waals surface area contributed by atoms with Gasteiger partial charge in [-0.15, -0.1) is 0 Å². The first kappa shape index (κ1) is 16.7. The standard InChI is InChI=1S/C13H24N4O2S/c1-4-6-15-12-17-10(14)9(20-12)11(19)16-8-13(2,3)5-7-18/h18H,4-8,14H2,1-3H3,(H,15,17)(H,16,19). The molecule has 20 heavy (non-hydrogen) atoms. The van der Waals surface area contributed by atoms with Gasteiger partial charge in [-0.1, -0.05) is 32.1 Å². The van der Waals surface area contributed by atoms with Crippen molar-refractivity contribution < 1.29 is 9.90 Å². The quantitative estimate of drug-likeness (QED) is 0.585. The highest BCUT2D eigenvalue weighted by atomic mass is 32.1. The first-order valence-corrected chi connectivity index (χ1v) is 7.60. The Hall–Kier alpha value is -1.34. The van der Waals surface area contributed by atoms with Gasteiger partial charge in [0.1, 0.15) is 10.7 Å². The van der Waals surface area contributed by atoms with Crippen LogP contribution in [0.3, 0.4) is 0 Å². The highest BCUT2D eigenvalue weighted by molar-refractivity contribution is 7.18. The van der Waals surface area contributed by atoms with Gasteiger partial charge < -0.3 is 21.5 Å². The topological polar surface area (TPSA) is 100 Å². The van der Waals surface area contributed by atoms with Gasteiger partial charge in [0.15, 0.2) is 5.13 Å². The third kappa shape index (κ3) is 4.97. The van der Waals surface area contributed by atoms with Crippen molar-refractivity contribution in [3.05, 3.63) is 4.88 Å². The molecule has 1 aromatic heterocycles. The van der Waals surface area contributed by atoms with Gasteiger partial charge in [-0.05, 0) is 18.3 Å². The number of amides is 1. The van der Waals surface area contributed by atoms with Crippen LogP contribution in [-0.2, 0) is 0 Å². The second-order valence-corrected chi connectivity index (χ2v) is 6.48. The first-order chi connectivity index (χ1) is 9.39. The van der Waals surface area contributed by atoms with E-state index in [-0.39, 0.29) is 23.7 Å². The zero-order valence-electron chi connectivity index (χ0n) is 12.3. The molecule has 114 valence electrons. The number of aliphatic hydroxyl groups excluding tert-OH is 1. The van der Waals surface area contributed by atoms with Crippen LogP contribution >= 0.6 is 11.3 Å². The van der Waals surface area contributed by atoms with Gasteiger partial charge in [0.2, 0.25) is 0 Å². The molecule has 1 aromatic rings. The summed E-state index contributed by atoms with van der Waals surface area (Å²) in [5.74, 6) is 0.0432. The molecular weight excluding hydrogens is 276 g/mol. The highest BCUT2D eigenvalue weighted by Crippen LogP contribution is 2.25. The Labute approximate surface area is 123 Å². The second-order valence-electron chi connectivity index (χ2n) is 5.48. The van der Waals surface area contributed by atoms with E-state index >= 15 is 0 Å². The van der Waals surface area contributed by atoms with Crippen LogP contribution in [0, 0.1) is 5.41 Å². The van der Waals surface area contributed by atoms with Crippen LogP contribution in [0.2, 0.25) is 0 Å². The Morgan fingerprint density at radius 1 is 1.50 bits per heavy atom. The Balaban J connectivity index is 2.61. The number of hydrogen-bond acceptors (Lipinski definition) is 6. The first-order valence-electron chi connectivity index (χ1n) is 6.79. The van der Waals surface area contributed by atoms with E-state index in [1.165, 1.54) is 11.3 Å². The number of hydrogen-bond donors (Lipinski definition) is 4. The Morgan fingerprint density at radius 2 is 2.20 bits per heavy atom. The number of anilines is 2. The average molecular weight is 300 g/mol. The number of carbonyl (C=O) groups is 1. The van der Waals surface area contributed by atoms with E-state index < -0.39 is 0 Å². The van der Waals surface area contributed by atoms with Crippen LogP contribution in [0.15, 0.2) is 0 Å². The molecule has 5 N–H and O–H groups in total. The summed E-state index contributed by atoms with van der Waals surface area (Å²) in [6.45, 7) is 7.44. The van der Waals surface area contributed by atoms with Crippen LogP contribution in [0.5, 0.6) is 0 Å². The third-order valence-electron chi connectivity index (χ3n) is 2.90. The van der Waals surface area contributed by atoms with Crippen molar-refractivity contribution in [2.24, 2.45) is 5.41 Å². The van der Waals surface area contributed by atoms with E-state index in [1.54, 1.807) is 0 Å². The van der Waals surface area contributed by atoms with Gasteiger partial charge in [-0.25, -0.2) is 4.98 Å². The molecule has 0 aliphatic heterocycles. The zero-order valence-corrected chi connectivity index (χ0v) is 13.1. The van der Waals surface area contributed by atoms with E-state index in [4.69, 9.17) is 10.8 Å². The van der Waals surface area contributed by atoms with E-state index in [0.717, 1.165) is 13.0 Å². The third-order valence-corrected chi connectivity index (χ3v) is 3.93. The Kier molecular flexibility index (Phi) is 6.22. The van der Waals surface area contributed by atoms with Crippen LogP contribution in [0.4, 0.5) is 10.9 Å². The lowest BCUT2D eigenvalue weighted by molar-refractivity contribution is 0.0933. The van der Waals surface area contributed by atoms with Gasteiger partial charge in [0.05, 0.1) is 0 Å². The highest BCUT2D eigenvalue weighted by Gasteiger charge is 2.21. The average Bonchev–Trinajstić information content (AvgIpc) is 2.75. The molecule has 0 aromatic carbocycles. The summed E-state index contributed by atoms with van der Waals surface area (Å²) >= 11 is 1.26. The molecule has 0 spiro atoms. The lowest BCUT2D eigenvalue weighted by Crippen LogP contribution is -2.34. The lowest BCUT2D eigenvalue weighted by Gasteiger charge is -2.23. The number of aromatic nitrogens is 1. The second kappa shape index (κ2) is 7.44. The molecule has 0 fully saturated rings. The van der Waals surface area contributed by atoms with Crippen molar-refractivity contribution in [3.8, 4) is 0 Å². The molecular formula is C13H24N4O2S. The fourth-order valence-corrected chi connectivity index (χ4v) is 2.42. The number of carbonyl (C=O) groups excluding carboxylic acids is 1. The number of nitrogen functional groups attached to an aromatic ring is 1. The van der Waals surface area contributed by atoms with Crippen molar-refractivity contribution >= 4 is 28.2 Å². The summed E-state index contributed by atoms with van der Waals surface area (Å²) in [6.07, 6.45) is 1.62. The van der Waals surface area contributed by atoms with Crippen LogP contribution in [0.1, 0.15) is 43.3 Å². The summed E-state index contributed by atoms with van der Waals surface area (Å²) < 4.78 is 0. The molecule has 0 atom stereocenters. The van der Waals surface area contributed by atoms with Crippen LogP contribution in [0.25, 0.3) is 0 Å². The van der Waals surface area contributed by atoms with Crippen molar-refractivity contribution in [3.63, 3.8) is 0 Å². The molecule has 6 nitrogen and oxygen atoms in total. The molecule has 0 aliphatic carbocycles. The molecule has 0 saturated carbocycles. The number of nitrogens with two attached hydrogens (primary N) is 1. The van der Waals surface area contributed by atoms with E-state index in [0.29, 0.717) is 23.0 Å². The summed E-state index contributed by atoms with van der Waals surface area (Å²) in [4.78, 5) is 16.7. The van der Waals surface area contributed by atoms with Gasteiger partial charge in [-0.2, -0.15) is 0 Å². The molecule has 1 rings (SSSR count). The lowest BCUT2D eigenvalue weighted by atomic mass is 9.90. The largest absolute Gasteiger partial charge is 0.396 e. The summed E-state index contributed by atoms with van der Waals surface area (Å²) in [5, 5.41) is 15.6. The maximum atomic E-state index is 12.1. The molecule has 1 amide bonds. The minimum absolute atomic E-state index is 0.108. The molecule has 0 unspecified atom stereocenters. The van der Waals surface area contributed by atoms with Crippen LogP contribution in [-0.4, -0.2) is 35.7 Å². The maximum Gasteiger partial charge on any atom is 0.265 e. The molecule has 0 bridgehead atoms. The van der Waals surface area contributed by atoms with Crippen molar-refractivity contribution in [2.45, 2.75) is 33.6 Å². The predicted octanol–water partition coefficient (Wildman–Crippen LogP) is 1.69. The molecule has 1 heterocycles. The van der Waals surface area contributed by atoms with E-state index in [1.807, 2.05) is 13.8 Å². The molecule has 0 aliphatic rings. The molecule has 0 saturated heterocycles. The minimum atomic E-state index is -0.212. The van der Waals surface area contributed by atoms with Crippen molar-refractivity contribution in [2.75, 3.05) is 30.7 Å². The summed E-state index contributed by atoms with van der Waals surface area (Å²) in [7, 11) is 0. The monoisotopic (exact) mass is 300 g/mol. The van der Waals surface area contributed by atoms with E-state index in [9.17, 15) is 4.79 Å². The number of nitrogens with zero attached hydrogens (tertiary/aromatic N) is 1. The summed E-state index contributed by atoms with van der Waals surface area (Å²) in [5.41, 5.74) is 5.62. The molecule has 0 radical (unpaired) electrons. The Bertz CT molecular complexity index is 446. The molecule has 7 heteroatoms. The normalized spacial score (nSPS) is 11.4. The Morgan fingerprint density at radius 3 is 2.80 bits per heavy atom. The van der Waals surface area contributed by atoms with E-state index in [2.05, 4.69) is 22.5 Å². The zero-order chi connectivity index (χ0) is 15.2. The van der Waals surface area contributed by atoms with Gasteiger partial charge in [-0.3, -0.25) is 4.79 Å². The fourth-order valence-electron chi connectivity index (χ4n) is 1.59.